The zero-order valence-corrected chi connectivity index (χ0v) is 9.85. The maximum atomic E-state index is 9.73. The predicted octanol–water partition coefficient (Wildman–Crippen LogP) is 3.55. The number of terminal acetylenes is 1. The molecule has 0 bridgehead atoms. The summed E-state index contributed by atoms with van der Waals surface area (Å²) in [5.41, 5.74) is 0.727. The van der Waals surface area contributed by atoms with Gasteiger partial charge in [-0.2, -0.15) is 0 Å². The van der Waals surface area contributed by atoms with E-state index in [1.54, 1.807) is 12.1 Å². The molecule has 0 heterocycles. The molecule has 74 valence electrons. The molecule has 1 aromatic rings. The van der Waals surface area contributed by atoms with E-state index in [9.17, 15) is 5.11 Å². The molecule has 0 saturated carbocycles. The molecule has 0 saturated heterocycles. The maximum Gasteiger partial charge on any atom is 0.0813 e. The number of rotatable bonds is 3. The number of halogens is 2. The third-order valence-corrected chi connectivity index (χ3v) is 2.70. The number of aliphatic hydroxyl groups excluding tert-OH is 1. The van der Waals surface area contributed by atoms with Gasteiger partial charge in [-0.25, -0.2) is 0 Å². The molecule has 0 aliphatic carbocycles. The standard InChI is InChI=1S/C11H10BrClO/c1-2-3-4-11(14)9-6-5-8(12)7-10(9)13/h1,5-7,11,14H,3-4H2. The molecule has 1 nitrogen and oxygen atoms in total. The lowest BCUT2D eigenvalue weighted by Gasteiger charge is -2.11. The Hall–Kier alpha value is -0.490. The molecule has 1 atom stereocenters. The largest absolute Gasteiger partial charge is 0.388 e. The summed E-state index contributed by atoms with van der Waals surface area (Å²) < 4.78 is 0.899. The fraction of sp³-hybridized carbons (Fsp3) is 0.273. The zero-order chi connectivity index (χ0) is 10.6. The Kier molecular flexibility index (Phi) is 4.47. The van der Waals surface area contributed by atoms with E-state index >= 15 is 0 Å². The highest BCUT2D eigenvalue weighted by Gasteiger charge is 2.10. The van der Waals surface area contributed by atoms with Crippen LogP contribution in [0.15, 0.2) is 22.7 Å². The summed E-state index contributed by atoms with van der Waals surface area (Å²) in [4.78, 5) is 0. The third kappa shape index (κ3) is 3.02. The van der Waals surface area contributed by atoms with Crippen molar-refractivity contribution < 1.29 is 5.11 Å². The summed E-state index contributed by atoms with van der Waals surface area (Å²) in [7, 11) is 0. The van der Waals surface area contributed by atoms with E-state index in [0.29, 0.717) is 17.9 Å². The molecule has 0 aliphatic heterocycles. The van der Waals surface area contributed by atoms with Crippen LogP contribution in [0.2, 0.25) is 5.02 Å². The van der Waals surface area contributed by atoms with Gasteiger partial charge in [0.05, 0.1) is 6.10 Å². The molecular formula is C11H10BrClO. The van der Waals surface area contributed by atoms with E-state index in [0.717, 1.165) is 10.0 Å². The lowest BCUT2D eigenvalue weighted by atomic mass is 10.1. The smallest absolute Gasteiger partial charge is 0.0813 e. The first-order valence-corrected chi connectivity index (χ1v) is 5.38. The molecule has 0 radical (unpaired) electrons. The van der Waals surface area contributed by atoms with Gasteiger partial charge >= 0.3 is 0 Å². The highest BCUT2D eigenvalue weighted by Crippen LogP contribution is 2.28. The van der Waals surface area contributed by atoms with Crippen LogP contribution >= 0.6 is 27.5 Å². The summed E-state index contributed by atoms with van der Waals surface area (Å²) in [5.74, 6) is 2.49. The molecule has 0 aliphatic rings. The Morgan fingerprint density at radius 3 is 2.86 bits per heavy atom. The highest BCUT2D eigenvalue weighted by atomic mass is 79.9. The number of hydrogen-bond donors (Lipinski definition) is 1. The van der Waals surface area contributed by atoms with E-state index in [1.165, 1.54) is 0 Å². The zero-order valence-electron chi connectivity index (χ0n) is 7.50. The van der Waals surface area contributed by atoms with Gasteiger partial charge in [0.25, 0.3) is 0 Å². The van der Waals surface area contributed by atoms with Crippen molar-refractivity contribution >= 4 is 27.5 Å². The molecule has 1 rings (SSSR count). The van der Waals surface area contributed by atoms with Crippen LogP contribution in [0.4, 0.5) is 0 Å². The van der Waals surface area contributed by atoms with Crippen LogP contribution in [0.25, 0.3) is 0 Å². The molecule has 0 amide bonds. The lowest BCUT2D eigenvalue weighted by molar-refractivity contribution is 0.169. The summed E-state index contributed by atoms with van der Waals surface area (Å²) in [6.45, 7) is 0. The summed E-state index contributed by atoms with van der Waals surface area (Å²) in [5, 5.41) is 10.3. The monoisotopic (exact) mass is 272 g/mol. The first-order chi connectivity index (χ1) is 6.65. The van der Waals surface area contributed by atoms with Gasteiger partial charge in [0.15, 0.2) is 0 Å². The molecule has 1 N–H and O–H groups in total. The third-order valence-electron chi connectivity index (χ3n) is 1.88. The molecule has 0 fully saturated rings. The van der Waals surface area contributed by atoms with E-state index in [1.807, 2.05) is 6.07 Å². The normalized spacial score (nSPS) is 12.1. The first kappa shape index (κ1) is 11.6. The van der Waals surface area contributed by atoms with Crippen molar-refractivity contribution in [3.8, 4) is 12.3 Å². The van der Waals surface area contributed by atoms with Crippen molar-refractivity contribution in [1.29, 1.82) is 0 Å². The fourth-order valence-electron chi connectivity index (χ4n) is 1.15. The topological polar surface area (TPSA) is 20.2 Å². The van der Waals surface area contributed by atoms with Gasteiger partial charge in [-0.05, 0) is 24.1 Å². The summed E-state index contributed by atoms with van der Waals surface area (Å²) in [6.07, 6.45) is 5.63. The minimum Gasteiger partial charge on any atom is -0.388 e. The van der Waals surface area contributed by atoms with Gasteiger partial charge in [0.1, 0.15) is 0 Å². The summed E-state index contributed by atoms with van der Waals surface area (Å²) in [6, 6.07) is 5.41. The minimum absolute atomic E-state index is 0.540. The maximum absolute atomic E-state index is 9.73. The van der Waals surface area contributed by atoms with Crippen LogP contribution in [-0.2, 0) is 0 Å². The molecule has 14 heavy (non-hydrogen) atoms. The number of aliphatic hydroxyl groups is 1. The second kappa shape index (κ2) is 5.41. The average molecular weight is 274 g/mol. The van der Waals surface area contributed by atoms with Crippen molar-refractivity contribution in [3.63, 3.8) is 0 Å². The summed E-state index contributed by atoms with van der Waals surface area (Å²) >= 11 is 9.26. The van der Waals surface area contributed by atoms with Crippen molar-refractivity contribution in [2.75, 3.05) is 0 Å². The Morgan fingerprint density at radius 2 is 2.29 bits per heavy atom. The van der Waals surface area contributed by atoms with E-state index in [4.69, 9.17) is 18.0 Å². The second-order valence-corrected chi connectivity index (χ2v) is 4.25. The van der Waals surface area contributed by atoms with E-state index in [-0.39, 0.29) is 0 Å². The number of hydrogen-bond acceptors (Lipinski definition) is 1. The molecule has 1 unspecified atom stereocenters. The SMILES string of the molecule is C#CCCC(O)c1ccc(Br)cc1Cl. The Morgan fingerprint density at radius 1 is 1.57 bits per heavy atom. The van der Waals surface area contributed by atoms with E-state index < -0.39 is 6.10 Å². The van der Waals surface area contributed by atoms with Crippen LogP contribution in [0.1, 0.15) is 24.5 Å². The Labute approximate surface area is 97.2 Å². The van der Waals surface area contributed by atoms with Crippen molar-refractivity contribution in [3.05, 3.63) is 33.3 Å². The van der Waals surface area contributed by atoms with Gasteiger partial charge in [-0.1, -0.05) is 33.6 Å². The highest BCUT2D eigenvalue weighted by molar-refractivity contribution is 9.10. The van der Waals surface area contributed by atoms with Crippen molar-refractivity contribution in [2.45, 2.75) is 18.9 Å². The molecule has 3 heteroatoms. The predicted molar refractivity (Wildman–Crippen MR) is 62.2 cm³/mol. The number of benzene rings is 1. The van der Waals surface area contributed by atoms with Crippen LogP contribution in [0, 0.1) is 12.3 Å². The van der Waals surface area contributed by atoms with E-state index in [2.05, 4.69) is 21.9 Å². The minimum atomic E-state index is -0.577. The Bertz CT molecular complexity index is 357. The lowest BCUT2D eigenvalue weighted by Crippen LogP contribution is -1.97. The van der Waals surface area contributed by atoms with Gasteiger partial charge in [-0.15, -0.1) is 12.3 Å². The van der Waals surface area contributed by atoms with Crippen molar-refractivity contribution in [1.82, 2.24) is 0 Å². The van der Waals surface area contributed by atoms with Gasteiger partial charge in [0, 0.05) is 15.9 Å². The molecule has 1 aromatic carbocycles. The Balaban J connectivity index is 2.80. The van der Waals surface area contributed by atoms with Gasteiger partial charge in [-0.3, -0.25) is 0 Å². The average Bonchev–Trinajstić information content (AvgIpc) is 2.14. The van der Waals surface area contributed by atoms with Gasteiger partial charge < -0.3 is 5.11 Å². The molecule has 0 spiro atoms. The van der Waals surface area contributed by atoms with Crippen LogP contribution < -0.4 is 0 Å². The van der Waals surface area contributed by atoms with Crippen LogP contribution in [0.5, 0.6) is 0 Å². The van der Waals surface area contributed by atoms with Gasteiger partial charge in [0.2, 0.25) is 0 Å². The molecular weight excluding hydrogens is 263 g/mol. The van der Waals surface area contributed by atoms with Crippen LogP contribution in [-0.4, -0.2) is 5.11 Å². The second-order valence-electron chi connectivity index (χ2n) is 2.92. The fourth-order valence-corrected chi connectivity index (χ4v) is 1.95. The first-order valence-electron chi connectivity index (χ1n) is 4.21. The molecule has 0 aromatic heterocycles. The van der Waals surface area contributed by atoms with Crippen LogP contribution in [0.3, 0.4) is 0 Å². The van der Waals surface area contributed by atoms with Crippen molar-refractivity contribution in [2.24, 2.45) is 0 Å². The quantitative estimate of drug-likeness (QED) is 0.835.